The lowest BCUT2D eigenvalue weighted by Crippen LogP contribution is -2.02. The molecule has 0 bridgehead atoms. The van der Waals surface area contributed by atoms with Crippen LogP contribution in [0.2, 0.25) is 0 Å². The first-order valence-corrected chi connectivity index (χ1v) is 7.59. The van der Waals surface area contributed by atoms with Gasteiger partial charge < -0.3 is 0 Å². The summed E-state index contributed by atoms with van der Waals surface area (Å²) in [5.41, 5.74) is 3.33. The zero-order chi connectivity index (χ0) is 15.8. The van der Waals surface area contributed by atoms with Gasteiger partial charge in [-0.1, -0.05) is 48.5 Å². The van der Waals surface area contributed by atoms with Gasteiger partial charge in [-0.3, -0.25) is 13.6 Å². The summed E-state index contributed by atoms with van der Waals surface area (Å²) in [6.07, 6.45) is 2.39. The minimum absolute atomic E-state index is 0.0333. The van der Waals surface area contributed by atoms with E-state index < -0.39 is 0 Å². The maximum absolute atomic E-state index is 12.4. The Morgan fingerprint density at radius 2 is 1.05 bits per heavy atom. The molecule has 0 radical (unpaired) electrons. The molecule has 0 aliphatic heterocycles. The largest absolute Gasteiger partial charge is 0.289 e. The lowest BCUT2D eigenvalue weighted by atomic mass is 9.99. The lowest BCUT2D eigenvalue weighted by molar-refractivity contribution is 0.103. The Labute approximate surface area is 130 Å². The predicted octanol–water partition coefficient (Wildman–Crippen LogP) is 4.72. The number of hydrogen-bond acceptors (Lipinski definition) is 1. The second-order valence-corrected chi connectivity index (χ2v) is 5.31. The van der Waals surface area contributed by atoms with Crippen molar-refractivity contribution in [1.82, 2.24) is 0 Å². The highest BCUT2D eigenvalue weighted by atomic mass is 19.1. The Kier molecular flexibility index (Phi) is 6.26. The number of rotatable bonds is 8. The van der Waals surface area contributed by atoms with Crippen LogP contribution >= 0.6 is 0 Å². The molecule has 22 heavy (non-hydrogen) atoms. The van der Waals surface area contributed by atoms with E-state index in [0.717, 1.165) is 11.1 Å². The van der Waals surface area contributed by atoms with E-state index in [1.165, 1.54) is 0 Å². The van der Waals surface area contributed by atoms with Crippen LogP contribution in [0.4, 0.5) is 8.78 Å². The smallest absolute Gasteiger partial charge is 0.193 e. The number of carbonyl (C=O) groups is 1. The second-order valence-electron chi connectivity index (χ2n) is 5.31. The third-order valence-corrected chi connectivity index (χ3v) is 3.63. The van der Waals surface area contributed by atoms with Crippen LogP contribution in [0.25, 0.3) is 0 Å². The molecule has 0 saturated carbocycles. The first-order chi connectivity index (χ1) is 10.7. The van der Waals surface area contributed by atoms with Crippen molar-refractivity contribution >= 4 is 5.78 Å². The zero-order valence-corrected chi connectivity index (χ0v) is 12.5. The monoisotopic (exact) mass is 302 g/mol. The highest BCUT2D eigenvalue weighted by Gasteiger charge is 2.09. The normalized spacial score (nSPS) is 10.6. The fraction of sp³-hybridized carbons (Fsp3) is 0.316. The van der Waals surface area contributed by atoms with Gasteiger partial charge in [0.05, 0.1) is 13.3 Å². The fourth-order valence-corrected chi connectivity index (χ4v) is 2.35. The van der Waals surface area contributed by atoms with Crippen LogP contribution in [-0.2, 0) is 12.8 Å². The summed E-state index contributed by atoms with van der Waals surface area (Å²) < 4.78 is 24.3. The molecule has 0 atom stereocenters. The molecule has 0 aliphatic rings. The maximum atomic E-state index is 12.4. The first-order valence-electron chi connectivity index (χ1n) is 7.59. The van der Waals surface area contributed by atoms with Crippen LogP contribution in [-0.4, -0.2) is 19.1 Å². The first kappa shape index (κ1) is 16.3. The second kappa shape index (κ2) is 8.42. The molecule has 0 N–H and O–H groups in total. The van der Waals surface area contributed by atoms with Crippen molar-refractivity contribution in [2.24, 2.45) is 0 Å². The van der Waals surface area contributed by atoms with Crippen molar-refractivity contribution in [3.63, 3.8) is 0 Å². The Bertz CT molecular complexity index is 534. The lowest BCUT2D eigenvalue weighted by Gasteiger charge is -2.05. The van der Waals surface area contributed by atoms with Gasteiger partial charge in [-0.2, -0.15) is 0 Å². The molecular weight excluding hydrogens is 282 g/mol. The standard InChI is InChI=1S/C19H20F2O/c20-13-1-3-15-5-9-17(10-6-15)19(22)18-11-7-16(8-12-18)4-2-14-21/h5-12H,1-4,13-14H2. The molecule has 0 spiro atoms. The molecule has 0 fully saturated rings. The molecular formula is C19H20F2O. The third-order valence-electron chi connectivity index (χ3n) is 3.63. The molecule has 0 unspecified atom stereocenters. The van der Waals surface area contributed by atoms with Crippen molar-refractivity contribution in [3.05, 3.63) is 70.8 Å². The van der Waals surface area contributed by atoms with E-state index in [1.54, 1.807) is 24.3 Å². The van der Waals surface area contributed by atoms with Crippen LogP contribution in [0, 0.1) is 0 Å². The molecule has 2 aromatic carbocycles. The van der Waals surface area contributed by atoms with Crippen LogP contribution in [0.1, 0.15) is 39.9 Å². The maximum Gasteiger partial charge on any atom is 0.193 e. The number of ketones is 1. The minimum Gasteiger partial charge on any atom is -0.289 e. The van der Waals surface area contributed by atoms with Gasteiger partial charge in [-0.15, -0.1) is 0 Å². The molecule has 116 valence electrons. The van der Waals surface area contributed by atoms with Gasteiger partial charge in [0, 0.05) is 11.1 Å². The van der Waals surface area contributed by atoms with Crippen LogP contribution < -0.4 is 0 Å². The topological polar surface area (TPSA) is 17.1 Å². The van der Waals surface area contributed by atoms with E-state index in [0.29, 0.717) is 36.8 Å². The number of halogens is 2. The number of alkyl halides is 2. The molecule has 0 amide bonds. The van der Waals surface area contributed by atoms with Crippen molar-refractivity contribution in [1.29, 1.82) is 0 Å². The Morgan fingerprint density at radius 1 is 0.682 bits per heavy atom. The highest BCUT2D eigenvalue weighted by Crippen LogP contribution is 2.14. The van der Waals surface area contributed by atoms with Gasteiger partial charge >= 0.3 is 0 Å². The number of carbonyl (C=O) groups excluding carboxylic acids is 1. The number of hydrogen-bond donors (Lipinski definition) is 0. The van der Waals surface area contributed by atoms with Gasteiger partial charge in [0.25, 0.3) is 0 Å². The van der Waals surface area contributed by atoms with Gasteiger partial charge in [0.15, 0.2) is 5.78 Å². The number of benzene rings is 2. The molecule has 0 aromatic heterocycles. The average Bonchev–Trinajstić information content (AvgIpc) is 2.58. The van der Waals surface area contributed by atoms with Crippen LogP contribution in [0.3, 0.4) is 0 Å². The molecule has 2 aromatic rings. The van der Waals surface area contributed by atoms with E-state index in [-0.39, 0.29) is 19.1 Å². The highest BCUT2D eigenvalue weighted by molar-refractivity contribution is 6.08. The molecule has 0 heterocycles. The zero-order valence-electron chi connectivity index (χ0n) is 12.5. The molecule has 3 heteroatoms. The van der Waals surface area contributed by atoms with Gasteiger partial charge in [0.2, 0.25) is 0 Å². The summed E-state index contributed by atoms with van der Waals surface area (Å²) in [5, 5.41) is 0. The summed E-state index contributed by atoms with van der Waals surface area (Å²) in [6, 6.07) is 14.6. The summed E-state index contributed by atoms with van der Waals surface area (Å²) in [7, 11) is 0. The Hall–Kier alpha value is -2.03. The SMILES string of the molecule is O=C(c1ccc(CCCF)cc1)c1ccc(CCCF)cc1. The van der Waals surface area contributed by atoms with Crippen molar-refractivity contribution in [2.75, 3.05) is 13.3 Å². The van der Waals surface area contributed by atoms with E-state index in [1.807, 2.05) is 24.3 Å². The minimum atomic E-state index is -0.324. The van der Waals surface area contributed by atoms with Crippen molar-refractivity contribution in [2.45, 2.75) is 25.7 Å². The summed E-state index contributed by atoms with van der Waals surface area (Å²) in [4.78, 5) is 12.4. The van der Waals surface area contributed by atoms with Gasteiger partial charge in [-0.25, -0.2) is 0 Å². The van der Waals surface area contributed by atoms with Crippen molar-refractivity contribution in [3.8, 4) is 0 Å². The van der Waals surface area contributed by atoms with E-state index in [4.69, 9.17) is 0 Å². The van der Waals surface area contributed by atoms with E-state index >= 15 is 0 Å². The summed E-state index contributed by atoms with van der Waals surface area (Å²) in [5.74, 6) is -0.0333. The predicted molar refractivity (Wildman–Crippen MR) is 84.9 cm³/mol. The third kappa shape index (κ3) is 4.48. The summed E-state index contributed by atoms with van der Waals surface area (Å²) >= 11 is 0. The summed E-state index contributed by atoms with van der Waals surface area (Å²) in [6.45, 7) is -0.648. The van der Waals surface area contributed by atoms with E-state index in [2.05, 4.69) is 0 Å². The van der Waals surface area contributed by atoms with Crippen molar-refractivity contribution < 1.29 is 13.6 Å². The average molecular weight is 302 g/mol. The fourth-order valence-electron chi connectivity index (χ4n) is 2.35. The molecule has 0 saturated heterocycles. The van der Waals surface area contributed by atoms with Gasteiger partial charge in [-0.05, 0) is 36.8 Å². The Balaban J connectivity index is 2.04. The Morgan fingerprint density at radius 3 is 1.36 bits per heavy atom. The number of aryl methyl sites for hydroxylation is 2. The van der Waals surface area contributed by atoms with Crippen LogP contribution in [0.15, 0.2) is 48.5 Å². The van der Waals surface area contributed by atoms with Gasteiger partial charge in [0.1, 0.15) is 0 Å². The molecule has 1 nitrogen and oxygen atoms in total. The van der Waals surface area contributed by atoms with E-state index in [9.17, 15) is 13.6 Å². The molecule has 2 rings (SSSR count). The molecule has 0 aliphatic carbocycles. The van der Waals surface area contributed by atoms with Crippen LogP contribution in [0.5, 0.6) is 0 Å². The quantitative estimate of drug-likeness (QED) is 0.645.